The predicted molar refractivity (Wildman–Crippen MR) is 86.9 cm³/mol. The Kier molecular flexibility index (Phi) is 6.04. The highest BCUT2D eigenvalue weighted by Gasteiger charge is 2.33. The van der Waals surface area contributed by atoms with Crippen molar-refractivity contribution in [1.82, 2.24) is 10.2 Å². The third-order valence-corrected chi connectivity index (χ3v) is 6.43. The molecule has 0 aromatic heterocycles. The second-order valence-corrected chi connectivity index (χ2v) is 8.21. The molecule has 0 radical (unpaired) electrons. The van der Waals surface area contributed by atoms with E-state index in [-0.39, 0.29) is 0 Å². The van der Waals surface area contributed by atoms with Crippen LogP contribution in [0.3, 0.4) is 0 Å². The van der Waals surface area contributed by atoms with Gasteiger partial charge >= 0.3 is 0 Å². The zero-order chi connectivity index (χ0) is 13.8. The number of hydrogen-bond donors (Lipinski definition) is 1. The molecule has 2 aliphatic heterocycles. The average Bonchev–Trinajstić information content (AvgIpc) is 2.90. The van der Waals surface area contributed by atoms with E-state index in [1.807, 2.05) is 0 Å². The highest BCUT2D eigenvalue weighted by molar-refractivity contribution is 8.00. The molecule has 4 atom stereocenters. The summed E-state index contributed by atoms with van der Waals surface area (Å²) in [5.74, 6) is 2.95. The standard InChI is InChI=1S/C16H32N2S/c1-5-13(4)15-11-18(10-14-7-6-8-19-14)16(9-17-15)12(2)3/h12-17H,5-11H2,1-4H3. The number of nitrogens with one attached hydrogen (secondary N) is 1. The summed E-state index contributed by atoms with van der Waals surface area (Å²) < 4.78 is 0. The Hall–Kier alpha value is 0.270. The van der Waals surface area contributed by atoms with Crippen molar-refractivity contribution < 1.29 is 0 Å². The molecule has 19 heavy (non-hydrogen) atoms. The quantitative estimate of drug-likeness (QED) is 0.834. The van der Waals surface area contributed by atoms with Crippen LogP contribution in [0.1, 0.15) is 47.0 Å². The van der Waals surface area contributed by atoms with Crippen molar-refractivity contribution in [2.75, 3.05) is 25.4 Å². The molecule has 2 nitrogen and oxygen atoms in total. The van der Waals surface area contributed by atoms with Crippen molar-refractivity contribution in [1.29, 1.82) is 0 Å². The molecule has 3 heteroatoms. The van der Waals surface area contributed by atoms with Crippen LogP contribution in [0.5, 0.6) is 0 Å². The Labute approximate surface area is 124 Å². The summed E-state index contributed by atoms with van der Waals surface area (Å²) in [5.41, 5.74) is 0. The first kappa shape index (κ1) is 15.7. The van der Waals surface area contributed by atoms with Gasteiger partial charge in [-0.1, -0.05) is 34.1 Å². The fraction of sp³-hybridized carbons (Fsp3) is 1.00. The van der Waals surface area contributed by atoms with E-state index in [4.69, 9.17) is 0 Å². The van der Waals surface area contributed by atoms with Crippen LogP contribution in [0.2, 0.25) is 0 Å². The Morgan fingerprint density at radius 2 is 2.11 bits per heavy atom. The Morgan fingerprint density at radius 1 is 1.32 bits per heavy atom. The van der Waals surface area contributed by atoms with Gasteiger partial charge in [0.15, 0.2) is 0 Å². The van der Waals surface area contributed by atoms with Crippen molar-refractivity contribution in [3.8, 4) is 0 Å². The summed E-state index contributed by atoms with van der Waals surface area (Å²) in [6.45, 7) is 13.2. The average molecular weight is 285 g/mol. The maximum atomic E-state index is 3.81. The van der Waals surface area contributed by atoms with Gasteiger partial charge in [-0.3, -0.25) is 4.90 Å². The number of hydrogen-bond acceptors (Lipinski definition) is 3. The molecule has 4 unspecified atom stereocenters. The van der Waals surface area contributed by atoms with E-state index in [0.717, 1.165) is 23.1 Å². The summed E-state index contributed by atoms with van der Waals surface area (Å²) in [6.07, 6.45) is 4.16. The molecule has 112 valence electrons. The monoisotopic (exact) mass is 284 g/mol. The zero-order valence-corrected chi connectivity index (χ0v) is 14.0. The lowest BCUT2D eigenvalue weighted by atomic mass is 9.92. The van der Waals surface area contributed by atoms with Crippen molar-refractivity contribution in [3.05, 3.63) is 0 Å². The van der Waals surface area contributed by atoms with Crippen LogP contribution in [0, 0.1) is 11.8 Å². The molecular weight excluding hydrogens is 252 g/mol. The second-order valence-electron chi connectivity index (χ2n) is 6.80. The minimum absolute atomic E-state index is 0.700. The van der Waals surface area contributed by atoms with Crippen molar-refractivity contribution in [3.63, 3.8) is 0 Å². The molecule has 0 aliphatic carbocycles. The first-order chi connectivity index (χ1) is 9.11. The van der Waals surface area contributed by atoms with E-state index in [9.17, 15) is 0 Å². The largest absolute Gasteiger partial charge is 0.311 e. The van der Waals surface area contributed by atoms with Crippen LogP contribution in [0.4, 0.5) is 0 Å². The zero-order valence-electron chi connectivity index (χ0n) is 13.2. The molecule has 0 amide bonds. The molecular formula is C16H32N2S. The van der Waals surface area contributed by atoms with Crippen molar-refractivity contribution in [2.24, 2.45) is 11.8 Å². The lowest BCUT2D eigenvalue weighted by molar-refractivity contribution is 0.0823. The van der Waals surface area contributed by atoms with E-state index in [2.05, 4.69) is 49.7 Å². The van der Waals surface area contributed by atoms with E-state index in [1.54, 1.807) is 0 Å². The van der Waals surface area contributed by atoms with Gasteiger partial charge in [0.2, 0.25) is 0 Å². The Bertz CT molecular complexity index is 263. The van der Waals surface area contributed by atoms with Crippen LogP contribution < -0.4 is 5.32 Å². The van der Waals surface area contributed by atoms with Crippen LogP contribution in [0.25, 0.3) is 0 Å². The fourth-order valence-electron chi connectivity index (χ4n) is 3.44. The third-order valence-electron chi connectivity index (χ3n) is 5.05. The summed E-state index contributed by atoms with van der Waals surface area (Å²) in [4.78, 5) is 2.81. The first-order valence-corrected chi connectivity index (χ1v) is 9.25. The predicted octanol–water partition coefficient (Wildman–Crippen LogP) is 3.23. The fourth-order valence-corrected chi connectivity index (χ4v) is 4.73. The second kappa shape index (κ2) is 7.33. The van der Waals surface area contributed by atoms with Gasteiger partial charge in [0.1, 0.15) is 0 Å². The maximum Gasteiger partial charge on any atom is 0.0244 e. The summed E-state index contributed by atoms with van der Waals surface area (Å²) in [6, 6.07) is 1.44. The van der Waals surface area contributed by atoms with Crippen molar-refractivity contribution in [2.45, 2.75) is 64.3 Å². The van der Waals surface area contributed by atoms with Crippen LogP contribution >= 0.6 is 11.8 Å². The topological polar surface area (TPSA) is 15.3 Å². The molecule has 0 saturated carbocycles. The van der Waals surface area contributed by atoms with E-state index < -0.39 is 0 Å². The SMILES string of the molecule is CCC(C)C1CN(CC2CCCS2)C(C(C)C)CN1. The Morgan fingerprint density at radius 3 is 2.68 bits per heavy atom. The summed E-state index contributed by atoms with van der Waals surface area (Å²) in [5, 5.41) is 4.71. The molecule has 2 aliphatic rings. The Balaban J connectivity index is 1.95. The van der Waals surface area contributed by atoms with Gasteiger partial charge < -0.3 is 5.32 Å². The lowest BCUT2D eigenvalue weighted by Gasteiger charge is -2.45. The van der Waals surface area contributed by atoms with Gasteiger partial charge in [-0.2, -0.15) is 11.8 Å². The smallest absolute Gasteiger partial charge is 0.0244 e. The molecule has 2 heterocycles. The number of piperazine rings is 1. The van der Waals surface area contributed by atoms with Gasteiger partial charge in [0.25, 0.3) is 0 Å². The number of thioether (sulfide) groups is 1. The molecule has 2 fully saturated rings. The summed E-state index contributed by atoms with van der Waals surface area (Å²) >= 11 is 2.20. The minimum Gasteiger partial charge on any atom is -0.311 e. The number of nitrogens with zero attached hydrogens (tertiary/aromatic N) is 1. The van der Waals surface area contributed by atoms with Gasteiger partial charge in [0, 0.05) is 37.0 Å². The van der Waals surface area contributed by atoms with Gasteiger partial charge in [-0.05, 0) is 30.4 Å². The van der Waals surface area contributed by atoms with Gasteiger partial charge in [-0.15, -0.1) is 0 Å². The van der Waals surface area contributed by atoms with E-state index >= 15 is 0 Å². The first-order valence-electron chi connectivity index (χ1n) is 8.20. The number of rotatable bonds is 5. The van der Waals surface area contributed by atoms with Crippen LogP contribution in [0.15, 0.2) is 0 Å². The van der Waals surface area contributed by atoms with Crippen molar-refractivity contribution >= 4 is 11.8 Å². The molecule has 0 spiro atoms. The molecule has 1 N–H and O–H groups in total. The highest BCUT2D eigenvalue weighted by atomic mass is 32.2. The van der Waals surface area contributed by atoms with Gasteiger partial charge in [-0.25, -0.2) is 0 Å². The van der Waals surface area contributed by atoms with Crippen LogP contribution in [-0.4, -0.2) is 47.6 Å². The molecule has 0 bridgehead atoms. The molecule has 2 rings (SSSR count). The minimum atomic E-state index is 0.700. The maximum absolute atomic E-state index is 3.81. The van der Waals surface area contributed by atoms with Crippen LogP contribution in [-0.2, 0) is 0 Å². The van der Waals surface area contributed by atoms with Gasteiger partial charge in [0.05, 0.1) is 0 Å². The lowest BCUT2D eigenvalue weighted by Crippen LogP contribution is -2.60. The normalized spacial score (nSPS) is 34.9. The molecule has 0 aromatic rings. The van der Waals surface area contributed by atoms with E-state index in [0.29, 0.717) is 6.04 Å². The summed E-state index contributed by atoms with van der Waals surface area (Å²) in [7, 11) is 0. The highest BCUT2D eigenvalue weighted by Crippen LogP contribution is 2.29. The molecule has 0 aromatic carbocycles. The van der Waals surface area contributed by atoms with E-state index in [1.165, 1.54) is 44.6 Å². The third kappa shape index (κ3) is 4.12. The molecule has 2 saturated heterocycles.